The molecule has 0 saturated heterocycles. The Bertz CT molecular complexity index is 1660. The van der Waals surface area contributed by atoms with Crippen LogP contribution in [-0.4, -0.2) is 73.6 Å². The fourth-order valence-electron chi connectivity index (χ4n) is 5.49. The number of aliphatic hydroxyl groups is 1. The summed E-state index contributed by atoms with van der Waals surface area (Å²) in [6.45, 7) is 3.18. The zero-order valence-corrected chi connectivity index (χ0v) is 25.8. The first-order chi connectivity index (χ1) is 21.2. The normalized spacial score (nSPS) is 15.0. The molecule has 10 nitrogen and oxygen atoms in total. The Labute approximate surface area is 258 Å². The van der Waals surface area contributed by atoms with Crippen molar-refractivity contribution in [3.05, 3.63) is 101 Å². The van der Waals surface area contributed by atoms with E-state index in [4.69, 9.17) is 9.90 Å². The van der Waals surface area contributed by atoms with E-state index >= 15 is 0 Å². The number of hydrogen-bond donors (Lipinski definition) is 4. The Morgan fingerprint density at radius 1 is 1.05 bits per heavy atom. The van der Waals surface area contributed by atoms with Gasteiger partial charge in [-0.3, -0.25) is 13.9 Å². The van der Waals surface area contributed by atoms with Crippen LogP contribution in [0.2, 0.25) is 0 Å². The molecular formula is C33H40N4O6S. The molecule has 0 bridgehead atoms. The molecule has 3 aromatic carbocycles. The summed E-state index contributed by atoms with van der Waals surface area (Å²) in [6.07, 6.45) is 3.20. The van der Waals surface area contributed by atoms with Crippen molar-refractivity contribution in [2.75, 3.05) is 30.2 Å². The van der Waals surface area contributed by atoms with Gasteiger partial charge in [-0.15, -0.1) is 0 Å². The lowest BCUT2D eigenvalue weighted by Crippen LogP contribution is -2.49. The molecule has 2 heterocycles. The predicted octanol–water partition coefficient (Wildman–Crippen LogP) is 3.22. The molecule has 5 rings (SSSR count). The first kappa shape index (κ1) is 32.7. The third-order valence-corrected chi connectivity index (χ3v) is 9.62. The monoisotopic (exact) mass is 620 g/mol. The van der Waals surface area contributed by atoms with Crippen LogP contribution in [0.4, 0.5) is 5.69 Å². The number of nitrogens with one attached hydrogen (secondary N) is 2. The van der Waals surface area contributed by atoms with Crippen LogP contribution in [0.5, 0.6) is 0 Å². The molecule has 0 aliphatic carbocycles. The maximum Gasteiger partial charge on any atom is 0.290 e. The van der Waals surface area contributed by atoms with Gasteiger partial charge in [0.2, 0.25) is 10.0 Å². The number of nitrogens with zero attached hydrogens (tertiary/aromatic N) is 2. The van der Waals surface area contributed by atoms with Crippen LogP contribution >= 0.6 is 0 Å². The van der Waals surface area contributed by atoms with Gasteiger partial charge in [-0.05, 0) is 54.6 Å². The average molecular weight is 621 g/mol. The summed E-state index contributed by atoms with van der Waals surface area (Å²) in [7, 11) is -1.98. The standard InChI is InChI=1S/C32H38N4O4S.CH2O2/c1-3-25-22-36-16-17-41(39,40)35(2)29-20-26(19-27(25)31(29)36)32(38)34-28(18-24-12-8-5-9-13-24)30(37)21-33-15-14-23-10-6-4-7-11-23;2-1-3/h4-13,19-20,22,28,30,33,37H,3,14-18,21H2,1-2H3,(H,34,38);1H,(H,2,3)/t28-,30+;/m0./s1. The molecule has 1 aromatic heterocycles. The summed E-state index contributed by atoms with van der Waals surface area (Å²) in [5.74, 6) is -0.354. The third kappa shape index (κ3) is 7.85. The van der Waals surface area contributed by atoms with E-state index in [1.165, 1.54) is 9.87 Å². The van der Waals surface area contributed by atoms with Gasteiger partial charge in [0.25, 0.3) is 12.4 Å². The number of sulfonamides is 1. The van der Waals surface area contributed by atoms with E-state index in [-0.39, 0.29) is 18.1 Å². The molecule has 0 fully saturated rings. The molecule has 1 aliphatic rings. The summed E-state index contributed by atoms with van der Waals surface area (Å²) >= 11 is 0. The zero-order chi connectivity index (χ0) is 31.7. The second-order valence-corrected chi connectivity index (χ2v) is 12.9. The number of carbonyl (C=O) groups is 2. The number of aliphatic hydroxyl groups excluding tert-OH is 1. The molecular weight excluding hydrogens is 580 g/mol. The lowest BCUT2D eigenvalue weighted by molar-refractivity contribution is -0.122. The molecule has 1 amide bonds. The van der Waals surface area contributed by atoms with Gasteiger partial charge in [-0.1, -0.05) is 67.6 Å². The molecule has 11 heteroatoms. The average Bonchev–Trinajstić information content (AvgIpc) is 3.36. The topological polar surface area (TPSA) is 141 Å². The van der Waals surface area contributed by atoms with Gasteiger partial charge in [0, 0.05) is 37.3 Å². The number of anilines is 1. The first-order valence-corrected chi connectivity index (χ1v) is 16.3. The minimum absolute atomic E-state index is 0.00470. The molecule has 2 atom stereocenters. The van der Waals surface area contributed by atoms with Crippen molar-refractivity contribution in [1.82, 2.24) is 15.2 Å². The molecule has 234 valence electrons. The van der Waals surface area contributed by atoms with Crippen molar-refractivity contribution in [3.8, 4) is 0 Å². The number of carboxylic acid groups (broad SMARTS) is 1. The van der Waals surface area contributed by atoms with Gasteiger partial charge >= 0.3 is 0 Å². The largest absolute Gasteiger partial charge is 0.483 e. The molecule has 0 spiro atoms. The fourth-order valence-corrected chi connectivity index (χ4v) is 6.63. The van der Waals surface area contributed by atoms with E-state index in [0.29, 0.717) is 37.3 Å². The Hall–Kier alpha value is -4.19. The third-order valence-electron chi connectivity index (χ3n) is 7.89. The number of carbonyl (C=O) groups excluding carboxylic acids is 1. The van der Waals surface area contributed by atoms with Crippen LogP contribution in [0.1, 0.15) is 34.0 Å². The van der Waals surface area contributed by atoms with Crippen LogP contribution in [0.3, 0.4) is 0 Å². The Kier molecular flexibility index (Phi) is 11.2. The highest BCUT2D eigenvalue weighted by Gasteiger charge is 2.29. The van der Waals surface area contributed by atoms with Crippen LogP contribution in [0.25, 0.3) is 10.9 Å². The van der Waals surface area contributed by atoms with Gasteiger partial charge in [0.05, 0.1) is 29.1 Å². The van der Waals surface area contributed by atoms with Crippen molar-refractivity contribution in [2.45, 2.75) is 44.9 Å². The molecule has 0 radical (unpaired) electrons. The van der Waals surface area contributed by atoms with Crippen molar-refractivity contribution < 1.29 is 28.2 Å². The number of hydrogen-bond acceptors (Lipinski definition) is 6. The Morgan fingerprint density at radius 3 is 2.32 bits per heavy atom. The van der Waals surface area contributed by atoms with Gasteiger partial charge in [0.15, 0.2) is 0 Å². The van der Waals surface area contributed by atoms with Crippen LogP contribution < -0.4 is 14.9 Å². The zero-order valence-electron chi connectivity index (χ0n) is 25.0. The van der Waals surface area contributed by atoms with E-state index in [2.05, 4.69) is 29.7 Å². The number of aromatic nitrogens is 1. The summed E-state index contributed by atoms with van der Waals surface area (Å²) in [5, 5.41) is 25.4. The number of benzene rings is 3. The SMILES string of the molecule is CCc1cn2c3c(cc(C(=O)N[C@@H](Cc4ccccc4)[C@H](O)CNCCc4ccccc4)cc13)N(C)S(=O)(=O)CC2.O=CO. The Morgan fingerprint density at radius 2 is 1.68 bits per heavy atom. The van der Waals surface area contributed by atoms with Gasteiger partial charge < -0.3 is 25.4 Å². The quantitative estimate of drug-likeness (QED) is 0.149. The van der Waals surface area contributed by atoms with Crippen LogP contribution in [-0.2, 0) is 40.6 Å². The van der Waals surface area contributed by atoms with Crippen molar-refractivity contribution >= 4 is 39.0 Å². The molecule has 0 unspecified atom stereocenters. The molecule has 4 aromatic rings. The van der Waals surface area contributed by atoms with Crippen molar-refractivity contribution in [2.24, 2.45) is 0 Å². The Balaban J connectivity index is 0.00000141. The highest BCUT2D eigenvalue weighted by Crippen LogP contribution is 2.35. The lowest BCUT2D eigenvalue weighted by Gasteiger charge is -2.25. The second kappa shape index (κ2) is 15.0. The number of amides is 1. The smallest absolute Gasteiger partial charge is 0.290 e. The van der Waals surface area contributed by atoms with Gasteiger partial charge in [-0.25, -0.2) is 8.42 Å². The molecule has 1 aliphatic heterocycles. The molecule has 4 N–H and O–H groups in total. The minimum Gasteiger partial charge on any atom is -0.483 e. The summed E-state index contributed by atoms with van der Waals surface area (Å²) in [6, 6.07) is 22.9. The fraction of sp³-hybridized carbons (Fsp3) is 0.333. The summed E-state index contributed by atoms with van der Waals surface area (Å²) < 4.78 is 29.1. The van der Waals surface area contributed by atoms with E-state index in [1.54, 1.807) is 13.1 Å². The minimum atomic E-state index is -3.52. The van der Waals surface area contributed by atoms with E-state index in [0.717, 1.165) is 34.9 Å². The number of rotatable bonds is 11. The van der Waals surface area contributed by atoms with Crippen LogP contribution in [0.15, 0.2) is 79.0 Å². The maximum atomic E-state index is 13.7. The summed E-state index contributed by atoms with van der Waals surface area (Å²) in [4.78, 5) is 22.1. The van der Waals surface area contributed by atoms with Crippen LogP contribution in [0, 0.1) is 0 Å². The van der Waals surface area contributed by atoms with Crippen molar-refractivity contribution in [3.63, 3.8) is 0 Å². The van der Waals surface area contributed by atoms with Gasteiger partial charge in [0.1, 0.15) is 0 Å². The lowest BCUT2D eigenvalue weighted by atomic mass is 9.99. The first-order valence-electron chi connectivity index (χ1n) is 14.7. The van der Waals surface area contributed by atoms with Crippen molar-refractivity contribution in [1.29, 1.82) is 0 Å². The number of aryl methyl sites for hydroxylation is 2. The highest BCUT2D eigenvalue weighted by atomic mass is 32.2. The van der Waals surface area contributed by atoms with E-state index in [1.807, 2.05) is 65.4 Å². The molecule has 44 heavy (non-hydrogen) atoms. The molecule has 0 saturated carbocycles. The van der Waals surface area contributed by atoms with E-state index < -0.39 is 22.2 Å². The van der Waals surface area contributed by atoms with E-state index in [9.17, 15) is 18.3 Å². The summed E-state index contributed by atoms with van der Waals surface area (Å²) in [5.41, 5.74) is 4.96. The second-order valence-electron chi connectivity index (χ2n) is 10.8. The van der Waals surface area contributed by atoms with Gasteiger partial charge in [-0.2, -0.15) is 0 Å². The maximum absolute atomic E-state index is 13.7. The predicted molar refractivity (Wildman–Crippen MR) is 173 cm³/mol. The highest BCUT2D eigenvalue weighted by molar-refractivity contribution is 7.92.